The van der Waals surface area contributed by atoms with Crippen LogP contribution < -0.4 is 5.73 Å². The monoisotopic (exact) mass is 611 g/mol. The van der Waals surface area contributed by atoms with Crippen molar-refractivity contribution < 1.29 is 29.0 Å². The van der Waals surface area contributed by atoms with Crippen LogP contribution in [0.4, 0.5) is 0 Å². The second kappa shape index (κ2) is 12.3. The molecule has 5 rings (SSSR count). The second-order valence-electron chi connectivity index (χ2n) is 14.3. The number of aliphatic hydroxyl groups excluding tert-OH is 1. The normalized spacial score (nSPS) is 42.7. The van der Waals surface area contributed by atoms with Crippen molar-refractivity contribution in [3.8, 4) is 0 Å². The Morgan fingerprint density at radius 2 is 1.84 bits per heavy atom. The van der Waals surface area contributed by atoms with Gasteiger partial charge in [-0.2, -0.15) is 0 Å². The lowest BCUT2D eigenvalue weighted by molar-refractivity contribution is -0.205. The number of esters is 2. The summed E-state index contributed by atoms with van der Waals surface area (Å²) in [5, 5.41) is 11.7. The van der Waals surface area contributed by atoms with Gasteiger partial charge in [-0.3, -0.25) is 9.59 Å². The smallest absolute Gasteiger partial charge is 0.338 e. The van der Waals surface area contributed by atoms with Gasteiger partial charge in [0.2, 0.25) is 0 Å². The average molecular weight is 612 g/mol. The number of rotatable bonds is 7. The first kappa shape index (κ1) is 32.2. The minimum absolute atomic E-state index is 0.0605. The van der Waals surface area contributed by atoms with E-state index in [2.05, 4.69) is 27.4 Å². The van der Waals surface area contributed by atoms with Gasteiger partial charge in [0.15, 0.2) is 0 Å². The molecule has 0 aliphatic heterocycles. The minimum Gasteiger partial charge on any atom is -0.461 e. The molecule has 4 aliphatic carbocycles. The number of Topliss-reactive ketones (excluding diaryl/α,β-unsaturated/α-hetero) is 1. The maximum atomic E-state index is 13.6. The standard InChI is InChI=1S/C35H49NO6S/c1-6-33(4)19-28(34(5)21(2)14-16-35(22(3)31(33)39)17-15-25(37)30(34)35)42-29(38)20-43-27-13-12-24(36)18-26(27)41-32(40)23-10-8-7-9-11-23/h6-11,21-22,24,26-28,30-31,39H,1,12-20,36H2,2-5H3/t21-,22+,24-,26-,27-,28-,30+,31+,33-,34+,35+/m1/s1. The Morgan fingerprint density at radius 1 is 1.12 bits per heavy atom. The molecule has 1 aromatic rings. The van der Waals surface area contributed by atoms with Gasteiger partial charge in [-0.25, -0.2) is 4.79 Å². The molecule has 0 aromatic heterocycles. The number of aliphatic hydroxyl groups is 1. The van der Waals surface area contributed by atoms with E-state index in [1.165, 1.54) is 11.8 Å². The fourth-order valence-corrected chi connectivity index (χ4v) is 10.2. The zero-order valence-corrected chi connectivity index (χ0v) is 26.9. The lowest BCUT2D eigenvalue weighted by atomic mass is 9.44. The van der Waals surface area contributed by atoms with Gasteiger partial charge in [0, 0.05) is 40.9 Å². The van der Waals surface area contributed by atoms with Gasteiger partial charge in [-0.15, -0.1) is 18.3 Å². The molecule has 0 unspecified atom stereocenters. The number of hydrogen-bond acceptors (Lipinski definition) is 8. The molecule has 0 heterocycles. The largest absolute Gasteiger partial charge is 0.461 e. The van der Waals surface area contributed by atoms with Crippen LogP contribution in [0.25, 0.3) is 0 Å². The summed E-state index contributed by atoms with van der Waals surface area (Å²) in [5.41, 5.74) is 5.21. The van der Waals surface area contributed by atoms with Gasteiger partial charge in [-0.05, 0) is 67.9 Å². The molecule has 8 heteroatoms. The van der Waals surface area contributed by atoms with Crippen LogP contribution in [0.3, 0.4) is 0 Å². The highest BCUT2D eigenvalue weighted by atomic mass is 32.2. The molecule has 7 nitrogen and oxygen atoms in total. The summed E-state index contributed by atoms with van der Waals surface area (Å²) < 4.78 is 12.3. The predicted molar refractivity (Wildman–Crippen MR) is 168 cm³/mol. The van der Waals surface area contributed by atoms with E-state index in [1.807, 2.05) is 19.1 Å². The topological polar surface area (TPSA) is 116 Å². The Morgan fingerprint density at radius 3 is 2.53 bits per heavy atom. The van der Waals surface area contributed by atoms with Crippen LogP contribution in [0.5, 0.6) is 0 Å². The van der Waals surface area contributed by atoms with Crippen molar-refractivity contribution in [2.45, 2.75) is 109 Å². The predicted octanol–water partition coefficient (Wildman–Crippen LogP) is 5.73. The van der Waals surface area contributed by atoms with Crippen molar-refractivity contribution in [2.75, 3.05) is 5.75 Å². The first-order valence-electron chi connectivity index (χ1n) is 16.0. The van der Waals surface area contributed by atoms with Crippen molar-refractivity contribution in [3.05, 3.63) is 48.6 Å². The Bertz CT molecular complexity index is 1220. The van der Waals surface area contributed by atoms with E-state index >= 15 is 0 Å². The van der Waals surface area contributed by atoms with Crippen molar-refractivity contribution in [1.29, 1.82) is 0 Å². The number of nitrogens with two attached hydrogens (primary N) is 1. The first-order valence-corrected chi connectivity index (χ1v) is 17.1. The molecule has 0 radical (unpaired) electrons. The number of carbonyl (C=O) groups is 3. The van der Waals surface area contributed by atoms with E-state index in [1.54, 1.807) is 24.3 Å². The van der Waals surface area contributed by atoms with Crippen molar-refractivity contribution in [2.24, 2.45) is 39.7 Å². The summed E-state index contributed by atoms with van der Waals surface area (Å²) in [6.07, 6.45) is 5.78. The van der Waals surface area contributed by atoms with Gasteiger partial charge < -0.3 is 20.3 Å². The summed E-state index contributed by atoms with van der Waals surface area (Å²) in [5.74, 6) is -0.531. The Balaban J connectivity index is 1.35. The SMILES string of the molecule is C=C[C@]1(C)C[C@@H](OC(=O)CS[C@@H]2CC[C@@H](N)C[C@H]2OC(=O)c2ccccc2)[C@]2(C)[C@H](C)CC[C@]3(CCC(=O)[C@H]32)[C@@H](C)[C@@H]1O. The van der Waals surface area contributed by atoms with Gasteiger partial charge in [0.05, 0.1) is 17.4 Å². The number of ketones is 1. The van der Waals surface area contributed by atoms with Gasteiger partial charge in [-0.1, -0.05) is 52.0 Å². The second-order valence-corrected chi connectivity index (χ2v) is 15.5. The Kier molecular flexibility index (Phi) is 9.24. The maximum Gasteiger partial charge on any atom is 0.338 e. The molecule has 4 saturated carbocycles. The number of hydrogen-bond donors (Lipinski definition) is 2. The van der Waals surface area contributed by atoms with Crippen LogP contribution in [-0.2, 0) is 19.1 Å². The Labute approximate surface area is 260 Å². The van der Waals surface area contributed by atoms with E-state index in [0.29, 0.717) is 24.8 Å². The molecule has 11 atom stereocenters. The van der Waals surface area contributed by atoms with Crippen molar-refractivity contribution in [3.63, 3.8) is 0 Å². The van der Waals surface area contributed by atoms with E-state index in [9.17, 15) is 19.5 Å². The molecule has 0 spiro atoms. The van der Waals surface area contributed by atoms with E-state index < -0.39 is 29.1 Å². The number of carbonyl (C=O) groups excluding carboxylic acids is 3. The summed E-state index contributed by atoms with van der Waals surface area (Å²) in [6.45, 7) is 12.5. The minimum atomic E-state index is -0.696. The van der Waals surface area contributed by atoms with Gasteiger partial charge in [0.1, 0.15) is 18.0 Å². The third-order valence-corrected chi connectivity index (χ3v) is 13.4. The molecule has 236 valence electrons. The fourth-order valence-electron chi connectivity index (χ4n) is 9.10. The molecule has 0 amide bonds. The number of thioether (sulfide) groups is 1. The lowest BCUT2D eigenvalue weighted by Crippen LogP contribution is -2.63. The van der Waals surface area contributed by atoms with Crippen LogP contribution in [0.1, 0.15) is 89.4 Å². The van der Waals surface area contributed by atoms with Crippen LogP contribution in [0.15, 0.2) is 43.0 Å². The fraction of sp³-hybridized carbons (Fsp3) is 0.686. The molecule has 3 N–H and O–H groups in total. The molecular formula is C35H49NO6S. The molecule has 2 bridgehead atoms. The van der Waals surface area contributed by atoms with Gasteiger partial charge >= 0.3 is 11.9 Å². The number of benzene rings is 1. The Hall–Kier alpha value is -2.16. The number of ether oxygens (including phenoxy) is 2. The maximum absolute atomic E-state index is 13.6. The lowest BCUT2D eigenvalue weighted by Gasteiger charge is -2.61. The zero-order chi connectivity index (χ0) is 31.2. The third-order valence-electron chi connectivity index (χ3n) is 12.0. The molecule has 43 heavy (non-hydrogen) atoms. The van der Waals surface area contributed by atoms with E-state index in [0.717, 1.165) is 32.1 Å². The molecular weight excluding hydrogens is 562 g/mol. The zero-order valence-electron chi connectivity index (χ0n) is 26.1. The summed E-state index contributed by atoms with van der Waals surface area (Å²) >= 11 is 1.46. The van der Waals surface area contributed by atoms with Crippen molar-refractivity contribution in [1.82, 2.24) is 0 Å². The van der Waals surface area contributed by atoms with Crippen LogP contribution in [0, 0.1) is 34.0 Å². The van der Waals surface area contributed by atoms with Crippen LogP contribution in [-0.4, -0.2) is 58.2 Å². The third kappa shape index (κ3) is 5.72. The van der Waals surface area contributed by atoms with Gasteiger partial charge in [0.25, 0.3) is 0 Å². The highest BCUT2D eigenvalue weighted by molar-refractivity contribution is 8.00. The van der Waals surface area contributed by atoms with Crippen LogP contribution in [0.2, 0.25) is 0 Å². The van der Waals surface area contributed by atoms with E-state index in [-0.39, 0.29) is 57.9 Å². The van der Waals surface area contributed by atoms with Crippen molar-refractivity contribution >= 4 is 29.5 Å². The summed E-state index contributed by atoms with van der Waals surface area (Å²) in [4.78, 5) is 40.1. The van der Waals surface area contributed by atoms with Crippen LogP contribution >= 0.6 is 11.8 Å². The highest BCUT2D eigenvalue weighted by Crippen LogP contribution is 2.68. The average Bonchev–Trinajstić information content (AvgIpc) is 3.35. The molecule has 1 aromatic carbocycles. The van der Waals surface area contributed by atoms with E-state index in [4.69, 9.17) is 15.2 Å². The first-order chi connectivity index (χ1) is 20.4. The highest BCUT2D eigenvalue weighted by Gasteiger charge is 2.68. The molecule has 0 saturated heterocycles. The summed E-state index contributed by atoms with van der Waals surface area (Å²) in [7, 11) is 0. The molecule has 4 aliphatic rings. The quantitative estimate of drug-likeness (QED) is 0.297. The summed E-state index contributed by atoms with van der Waals surface area (Å²) in [6, 6.07) is 8.85. The molecule has 4 fully saturated rings.